The fourth-order valence-corrected chi connectivity index (χ4v) is 6.18. The van der Waals surface area contributed by atoms with Crippen molar-refractivity contribution < 1.29 is 13.9 Å². The fraction of sp³-hybridized carbons (Fsp3) is 0.125. The number of methoxy groups -OCH3 is 2. The Morgan fingerprint density at radius 2 is 1.46 bits per heavy atom. The Balaban J connectivity index is 1.10. The van der Waals surface area contributed by atoms with Gasteiger partial charge in [0.25, 0.3) is 0 Å². The number of nitrogens with zero attached hydrogens (tertiary/aromatic N) is 8. The van der Waals surface area contributed by atoms with Crippen molar-refractivity contribution in [3.63, 3.8) is 0 Å². The highest BCUT2D eigenvalue weighted by molar-refractivity contribution is 5.84. The normalized spacial score (nSPS) is 11.2. The van der Waals surface area contributed by atoms with E-state index < -0.39 is 0 Å². The predicted molar refractivity (Wildman–Crippen MR) is 199 cm³/mol. The molecule has 11 nitrogen and oxygen atoms in total. The molecule has 0 saturated heterocycles. The van der Waals surface area contributed by atoms with Crippen molar-refractivity contribution in [3.05, 3.63) is 145 Å². The van der Waals surface area contributed by atoms with Crippen molar-refractivity contribution in [2.45, 2.75) is 20.0 Å². The quantitative estimate of drug-likeness (QED) is 0.145. The molecule has 4 aromatic heterocycles. The summed E-state index contributed by atoms with van der Waals surface area (Å²) in [6.45, 7) is 3.20. The van der Waals surface area contributed by atoms with Gasteiger partial charge in [0.1, 0.15) is 29.5 Å². The second-order valence-corrected chi connectivity index (χ2v) is 12.4. The summed E-state index contributed by atoms with van der Waals surface area (Å²) in [6.07, 6.45) is 8.85. The summed E-state index contributed by atoms with van der Waals surface area (Å²) in [5.41, 5.74) is 7.16. The van der Waals surface area contributed by atoms with E-state index >= 15 is 0 Å². The average Bonchev–Trinajstić information content (AvgIpc) is 3.84. The van der Waals surface area contributed by atoms with Gasteiger partial charge in [-0.1, -0.05) is 30.3 Å². The van der Waals surface area contributed by atoms with Crippen LogP contribution in [-0.2, 0) is 13.1 Å². The summed E-state index contributed by atoms with van der Waals surface area (Å²) in [7, 11) is 3.32. The van der Waals surface area contributed by atoms with E-state index in [4.69, 9.17) is 24.5 Å². The molecule has 0 saturated carbocycles. The molecule has 0 aliphatic rings. The first kappa shape index (κ1) is 32.4. The highest BCUT2D eigenvalue weighted by Crippen LogP contribution is 2.29. The summed E-state index contributed by atoms with van der Waals surface area (Å²) >= 11 is 0. The molecule has 4 heterocycles. The van der Waals surface area contributed by atoms with Gasteiger partial charge in [-0.15, -0.1) is 0 Å². The lowest BCUT2D eigenvalue weighted by atomic mass is 10.1. The number of aromatic nitrogens is 7. The van der Waals surface area contributed by atoms with Crippen LogP contribution >= 0.6 is 0 Å². The second kappa shape index (κ2) is 13.8. The first-order chi connectivity index (χ1) is 25.4. The molecule has 0 aliphatic carbocycles. The molecule has 8 rings (SSSR count). The highest BCUT2D eigenvalue weighted by atomic mass is 19.1. The summed E-state index contributed by atoms with van der Waals surface area (Å²) in [6, 6.07) is 28.5. The minimum Gasteiger partial charge on any atom is -0.497 e. The average molecular weight is 692 g/mol. The number of halogens is 1. The van der Waals surface area contributed by atoms with Gasteiger partial charge in [-0.25, -0.2) is 28.5 Å². The maximum Gasteiger partial charge on any atom is 0.197 e. The molecule has 4 aromatic carbocycles. The molecule has 258 valence electrons. The van der Waals surface area contributed by atoms with Gasteiger partial charge in [0.2, 0.25) is 0 Å². The third-order valence-electron chi connectivity index (χ3n) is 8.94. The maximum atomic E-state index is 13.9. The zero-order valence-corrected chi connectivity index (χ0v) is 28.7. The number of hydrogen-bond donors (Lipinski definition) is 1. The Bertz CT molecular complexity index is 2460. The van der Waals surface area contributed by atoms with Crippen molar-refractivity contribution in [1.82, 2.24) is 34.3 Å². The first-order valence-electron chi connectivity index (χ1n) is 16.6. The molecule has 0 bridgehead atoms. The van der Waals surface area contributed by atoms with Crippen LogP contribution < -0.4 is 19.7 Å². The zero-order valence-electron chi connectivity index (χ0n) is 28.7. The number of anilines is 3. The van der Waals surface area contributed by atoms with E-state index in [1.807, 2.05) is 66.3 Å². The summed E-state index contributed by atoms with van der Waals surface area (Å²) in [5, 5.41) is 14.3. The van der Waals surface area contributed by atoms with Gasteiger partial charge in [-0.2, -0.15) is 10.2 Å². The predicted octanol–water partition coefficient (Wildman–Crippen LogP) is 7.94. The third kappa shape index (κ3) is 6.56. The minimum atomic E-state index is -0.287. The van der Waals surface area contributed by atoms with Crippen LogP contribution in [0.1, 0.15) is 16.7 Å². The maximum absolute atomic E-state index is 13.9. The van der Waals surface area contributed by atoms with Crippen molar-refractivity contribution in [1.29, 1.82) is 0 Å². The van der Waals surface area contributed by atoms with Crippen molar-refractivity contribution in [2.24, 2.45) is 0 Å². The number of pyridine rings is 1. The van der Waals surface area contributed by atoms with Crippen LogP contribution in [0.4, 0.5) is 21.7 Å². The topological polar surface area (TPSA) is 108 Å². The first-order valence-corrected chi connectivity index (χ1v) is 16.6. The molecule has 0 aliphatic heterocycles. The van der Waals surface area contributed by atoms with Crippen LogP contribution in [0.25, 0.3) is 33.4 Å². The summed E-state index contributed by atoms with van der Waals surface area (Å²) in [5.74, 6) is 2.62. The lowest BCUT2D eigenvalue weighted by molar-refractivity contribution is 0.414. The Labute approximate surface area is 298 Å². The Kier molecular flexibility index (Phi) is 8.61. The van der Waals surface area contributed by atoms with Crippen LogP contribution in [0.3, 0.4) is 0 Å². The van der Waals surface area contributed by atoms with E-state index in [9.17, 15) is 4.39 Å². The molecule has 0 fully saturated rings. The Morgan fingerprint density at radius 3 is 2.17 bits per heavy atom. The van der Waals surface area contributed by atoms with Gasteiger partial charge < -0.3 is 19.7 Å². The van der Waals surface area contributed by atoms with Crippen LogP contribution in [-0.4, -0.2) is 48.6 Å². The monoisotopic (exact) mass is 691 g/mol. The van der Waals surface area contributed by atoms with Gasteiger partial charge in [0.05, 0.1) is 38.0 Å². The van der Waals surface area contributed by atoms with Crippen LogP contribution in [0, 0.1) is 12.7 Å². The van der Waals surface area contributed by atoms with Gasteiger partial charge >= 0.3 is 0 Å². The molecule has 1 N–H and O–H groups in total. The second-order valence-electron chi connectivity index (χ2n) is 12.4. The number of aryl methyl sites for hydroxylation is 1. The number of nitrogens with one attached hydrogen (secondary N) is 1. The number of imidazole rings is 1. The molecule has 0 unspecified atom stereocenters. The number of ether oxygens (including phenoxy) is 2. The molecule has 52 heavy (non-hydrogen) atoms. The van der Waals surface area contributed by atoms with Crippen LogP contribution in [0.5, 0.6) is 11.5 Å². The molecule has 12 heteroatoms. The summed E-state index contributed by atoms with van der Waals surface area (Å²) in [4.78, 5) is 16.3. The number of rotatable bonds is 11. The number of fused-ring (bicyclic) bond motifs is 2. The van der Waals surface area contributed by atoms with Crippen molar-refractivity contribution >= 4 is 33.7 Å². The molecule has 0 amide bonds. The van der Waals surface area contributed by atoms with E-state index in [1.165, 1.54) is 12.1 Å². The molecular formula is C40H34FN9O2. The Hall–Kier alpha value is -6.82. The van der Waals surface area contributed by atoms with Crippen molar-refractivity contribution in [2.75, 3.05) is 24.4 Å². The van der Waals surface area contributed by atoms with Crippen molar-refractivity contribution in [3.8, 4) is 28.4 Å². The smallest absolute Gasteiger partial charge is 0.197 e. The highest BCUT2D eigenvalue weighted by Gasteiger charge is 2.19. The number of benzene rings is 4. The summed E-state index contributed by atoms with van der Waals surface area (Å²) < 4.78 is 28.3. The van der Waals surface area contributed by atoms with E-state index in [-0.39, 0.29) is 5.82 Å². The Morgan fingerprint density at radius 1 is 0.731 bits per heavy atom. The van der Waals surface area contributed by atoms with Gasteiger partial charge in [0, 0.05) is 42.1 Å². The lowest BCUT2D eigenvalue weighted by Gasteiger charge is -2.24. The molecule has 0 atom stereocenters. The molecule has 8 aromatic rings. The van der Waals surface area contributed by atoms with Gasteiger partial charge in [-0.05, 0) is 89.7 Å². The van der Waals surface area contributed by atoms with Crippen LogP contribution in [0.15, 0.2) is 122 Å². The van der Waals surface area contributed by atoms with Gasteiger partial charge in [0.15, 0.2) is 11.5 Å². The molecule has 0 radical (unpaired) electrons. The van der Waals surface area contributed by atoms with E-state index in [1.54, 1.807) is 49.7 Å². The fourth-order valence-electron chi connectivity index (χ4n) is 6.18. The SMILES string of the molecule is COc1ccc(CN(Cc2ccc(OC)cc2)c2ncnn3c(-c4cnn(-c5cc(Nc6cc7cc(F)ccc7cn6)ccc5C)c4)cnc23)cc1. The lowest BCUT2D eigenvalue weighted by Crippen LogP contribution is -2.24. The van der Waals surface area contributed by atoms with Gasteiger partial charge in [-0.3, -0.25) is 0 Å². The van der Waals surface area contributed by atoms with E-state index in [2.05, 4.69) is 44.6 Å². The standard InChI is InChI=1S/C40H34FN9O2/c1-26-4-11-33(47-38-17-30-16-32(41)10-9-29(30)19-42-38)18-36(26)49-24-31(20-45-49)37-21-43-40-39(44-25-46-50(37)40)48(22-27-5-12-34(51-2)13-6-27)23-28-7-14-35(52-3)15-8-28/h4-21,24-25H,22-23H2,1-3H3,(H,42,47). The van der Waals surface area contributed by atoms with Crippen LogP contribution in [0.2, 0.25) is 0 Å². The van der Waals surface area contributed by atoms with E-state index in [0.717, 1.165) is 61.6 Å². The minimum absolute atomic E-state index is 0.287. The zero-order chi connectivity index (χ0) is 35.6. The molecular weight excluding hydrogens is 657 g/mol. The largest absolute Gasteiger partial charge is 0.497 e. The van der Waals surface area contributed by atoms with E-state index in [0.29, 0.717) is 30.4 Å². The molecule has 0 spiro atoms. The third-order valence-corrected chi connectivity index (χ3v) is 8.94. The number of hydrogen-bond acceptors (Lipinski definition) is 9.